The van der Waals surface area contributed by atoms with Crippen molar-refractivity contribution in [3.63, 3.8) is 0 Å². The fraction of sp³-hybridized carbons (Fsp3) is 0.409. The average Bonchev–Trinajstić information content (AvgIpc) is 3.21. The van der Waals surface area contributed by atoms with E-state index in [4.69, 9.17) is 0 Å². The SMILES string of the molecule is O=C(C[C@@H]1c2ccccc2CCN1S(=O)(=O)c1ccc(Br)cc1)NC1CCCC1. The van der Waals surface area contributed by atoms with Crippen LogP contribution in [0.1, 0.15) is 49.3 Å². The van der Waals surface area contributed by atoms with Gasteiger partial charge in [0.2, 0.25) is 15.9 Å². The van der Waals surface area contributed by atoms with E-state index >= 15 is 0 Å². The van der Waals surface area contributed by atoms with Gasteiger partial charge in [-0.25, -0.2) is 8.42 Å². The molecule has 0 bridgehead atoms. The van der Waals surface area contributed by atoms with Crippen LogP contribution in [0.15, 0.2) is 57.9 Å². The van der Waals surface area contributed by atoms with Crippen molar-refractivity contribution in [3.05, 3.63) is 64.1 Å². The highest BCUT2D eigenvalue weighted by Gasteiger charge is 2.37. The van der Waals surface area contributed by atoms with E-state index < -0.39 is 16.1 Å². The third-order valence-corrected chi connectivity index (χ3v) is 8.33. The Morgan fingerprint density at radius 2 is 1.76 bits per heavy atom. The number of halogens is 1. The molecule has 0 unspecified atom stereocenters. The molecule has 1 aliphatic carbocycles. The van der Waals surface area contributed by atoms with Crippen LogP contribution in [0.25, 0.3) is 0 Å². The Kier molecular flexibility index (Phi) is 6.08. The maximum absolute atomic E-state index is 13.4. The number of hydrogen-bond acceptors (Lipinski definition) is 3. The molecular formula is C22H25BrN2O3S. The number of rotatable bonds is 5. The Balaban J connectivity index is 1.64. The van der Waals surface area contributed by atoms with Gasteiger partial charge in [-0.1, -0.05) is 53.0 Å². The first-order valence-corrected chi connectivity index (χ1v) is 12.3. The van der Waals surface area contributed by atoms with Crippen molar-refractivity contribution in [2.24, 2.45) is 0 Å². The molecular weight excluding hydrogens is 452 g/mol. The molecule has 2 aromatic carbocycles. The number of amides is 1. The fourth-order valence-corrected chi connectivity index (χ4v) is 6.27. The van der Waals surface area contributed by atoms with Crippen LogP contribution in [0.5, 0.6) is 0 Å². The lowest BCUT2D eigenvalue weighted by Gasteiger charge is -2.36. The second kappa shape index (κ2) is 8.58. The third-order valence-electron chi connectivity index (χ3n) is 5.88. The van der Waals surface area contributed by atoms with Gasteiger partial charge in [0.1, 0.15) is 0 Å². The highest BCUT2D eigenvalue weighted by molar-refractivity contribution is 9.10. The first-order chi connectivity index (χ1) is 13.9. The van der Waals surface area contributed by atoms with Gasteiger partial charge in [-0.3, -0.25) is 4.79 Å². The Morgan fingerprint density at radius 1 is 1.07 bits per heavy atom. The maximum Gasteiger partial charge on any atom is 0.243 e. The predicted octanol–water partition coefficient (Wildman–Crippen LogP) is 4.19. The number of carbonyl (C=O) groups is 1. The molecule has 1 heterocycles. The molecule has 1 aliphatic heterocycles. The van der Waals surface area contributed by atoms with Crippen LogP contribution in [-0.2, 0) is 21.2 Å². The van der Waals surface area contributed by atoms with Crippen molar-refractivity contribution in [2.45, 2.75) is 55.5 Å². The van der Waals surface area contributed by atoms with Gasteiger partial charge in [0.05, 0.1) is 10.9 Å². The van der Waals surface area contributed by atoms with Crippen molar-refractivity contribution < 1.29 is 13.2 Å². The lowest BCUT2D eigenvalue weighted by Crippen LogP contribution is -2.43. The van der Waals surface area contributed by atoms with Gasteiger partial charge < -0.3 is 5.32 Å². The molecule has 5 nitrogen and oxygen atoms in total. The summed E-state index contributed by atoms with van der Waals surface area (Å²) >= 11 is 3.35. The van der Waals surface area contributed by atoms with Gasteiger partial charge in [0, 0.05) is 23.5 Å². The summed E-state index contributed by atoms with van der Waals surface area (Å²) in [5.41, 5.74) is 2.05. The summed E-state index contributed by atoms with van der Waals surface area (Å²) in [4.78, 5) is 13.0. The molecule has 1 N–H and O–H groups in total. The smallest absolute Gasteiger partial charge is 0.243 e. The summed E-state index contributed by atoms with van der Waals surface area (Å²) < 4.78 is 29.2. The Labute approximate surface area is 180 Å². The molecule has 4 rings (SSSR count). The molecule has 0 aromatic heterocycles. The molecule has 154 valence electrons. The molecule has 1 atom stereocenters. The quantitative estimate of drug-likeness (QED) is 0.703. The monoisotopic (exact) mass is 476 g/mol. The number of sulfonamides is 1. The van der Waals surface area contributed by atoms with Crippen LogP contribution in [-0.4, -0.2) is 31.2 Å². The molecule has 1 fully saturated rings. The minimum absolute atomic E-state index is 0.0744. The van der Waals surface area contributed by atoms with E-state index in [2.05, 4.69) is 21.2 Å². The normalized spacial score (nSPS) is 20.4. The first-order valence-electron chi connectivity index (χ1n) is 10.1. The van der Waals surface area contributed by atoms with Crippen molar-refractivity contribution in [3.8, 4) is 0 Å². The van der Waals surface area contributed by atoms with E-state index in [9.17, 15) is 13.2 Å². The number of carbonyl (C=O) groups excluding carboxylic acids is 1. The van der Waals surface area contributed by atoms with Crippen LogP contribution < -0.4 is 5.32 Å². The first kappa shape index (κ1) is 20.6. The van der Waals surface area contributed by atoms with E-state index in [0.717, 1.165) is 41.3 Å². The largest absolute Gasteiger partial charge is 0.353 e. The Morgan fingerprint density at radius 3 is 2.48 bits per heavy atom. The molecule has 7 heteroatoms. The van der Waals surface area contributed by atoms with Crippen LogP contribution in [0.2, 0.25) is 0 Å². The second-order valence-electron chi connectivity index (χ2n) is 7.79. The fourth-order valence-electron chi connectivity index (χ4n) is 4.40. The van der Waals surface area contributed by atoms with Gasteiger partial charge >= 0.3 is 0 Å². The Hall–Kier alpha value is -1.70. The van der Waals surface area contributed by atoms with Gasteiger partial charge in [0.25, 0.3) is 0 Å². The van der Waals surface area contributed by atoms with Crippen molar-refractivity contribution in [1.82, 2.24) is 9.62 Å². The maximum atomic E-state index is 13.4. The van der Waals surface area contributed by atoms with Crippen LogP contribution >= 0.6 is 15.9 Å². The van der Waals surface area contributed by atoms with E-state index in [1.54, 1.807) is 24.3 Å². The van der Waals surface area contributed by atoms with Crippen LogP contribution in [0.4, 0.5) is 0 Å². The average molecular weight is 477 g/mol. The molecule has 2 aliphatic rings. The standard InChI is InChI=1S/C22H25BrN2O3S/c23-17-9-11-19(12-10-17)29(27,28)25-14-13-16-5-1-4-8-20(16)21(25)15-22(26)24-18-6-2-3-7-18/h1,4-5,8-12,18,21H,2-3,6-7,13-15H2,(H,24,26)/t21-/m1/s1. The van der Waals surface area contributed by atoms with Gasteiger partial charge in [0.15, 0.2) is 0 Å². The lowest BCUT2D eigenvalue weighted by atomic mass is 9.92. The highest BCUT2D eigenvalue weighted by atomic mass is 79.9. The Bertz CT molecular complexity index is 985. The zero-order chi connectivity index (χ0) is 20.4. The molecule has 0 radical (unpaired) electrons. The minimum atomic E-state index is -3.71. The topological polar surface area (TPSA) is 66.5 Å². The van der Waals surface area contributed by atoms with Crippen molar-refractivity contribution in [2.75, 3.05) is 6.54 Å². The van der Waals surface area contributed by atoms with Crippen LogP contribution in [0, 0.1) is 0 Å². The van der Waals surface area contributed by atoms with E-state index in [0.29, 0.717) is 13.0 Å². The summed E-state index contributed by atoms with van der Waals surface area (Å²) in [5.74, 6) is -0.0744. The third kappa shape index (κ3) is 4.42. The summed E-state index contributed by atoms with van der Waals surface area (Å²) in [7, 11) is -3.71. The summed E-state index contributed by atoms with van der Waals surface area (Å²) in [5, 5.41) is 3.11. The number of nitrogens with zero attached hydrogens (tertiary/aromatic N) is 1. The second-order valence-corrected chi connectivity index (χ2v) is 10.6. The predicted molar refractivity (Wildman–Crippen MR) is 116 cm³/mol. The number of fused-ring (bicyclic) bond motifs is 1. The summed E-state index contributed by atoms with van der Waals surface area (Å²) in [6.45, 7) is 0.372. The zero-order valence-corrected chi connectivity index (χ0v) is 18.6. The summed E-state index contributed by atoms with van der Waals surface area (Å²) in [6, 6.07) is 14.3. The van der Waals surface area contributed by atoms with E-state index in [1.807, 2.05) is 24.3 Å². The molecule has 1 amide bonds. The van der Waals surface area contributed by atoms with Crippen LogP contribution in [0.3, 0.4) is 0 Å². The lowest BCUT2D eigenvalue weighted by molar-refractivity contribution is -0.122. The molecule has 2 aromatic rings. The van der Waals surface area contributed by atoms with E-state index in [-0.39, 0.29) is 23.3 Å². The van der Waals surface area contributed by atoms with Crippen molar-refractivity contribution in [1.29, 1.82) is 0 Å². The number of hydrogen-bond donors (Lipinski definition) is 1. The minimum Gasteiger partial charge on any atom is -0.353 e. The molecule has 0 spiro atoms. The molecule has 1 saturated carbocycles. The van der Waals surface area contributed by atoms with Crippen molar-refractivity contribution >= 4 is 31.9 Å². The summed E-state index contributed by atoms with van der Waals surface area (Å²) in [6.07, 6.45) is 5.08. The molecule has 29 heavy (non-hydrogen) atoms. The highest BCUT2D eigenvalue weighted by Crippen LogP contribution is 2.36. The van der Waals surface area contributed by atoms with E-state index in [1.165, 1.54) is 4.31 Å². The zero-order valence-electron chi connectivity index (χ0n) is 16.2. The van der Waals surface area contributed by atoms with Gasteiger partial charge in [-0.05, 0) is 54.7 Å². The van der Waals surface area contributed by atoms with Gasteiger partial charge in [-0.2, -0.15) is 4.31 Å². The van der Waals surface area contributed by atoms with Gasteiger partial charge in [-0.15, -0.1) is 0 Å². The number of nitrogens with one attached hydrogen (secondary N) is 1. The molecule has 0 saturated heterocycles. The number of benzene rings is 2.